The second-order valence-electron chi connectivity index (χ2n) is 19.7. The number of rotatable bonds is 21. The van der Waals surface area contributed by atoms with E-state index in [4.69, 9.17) is 10.5 Å². The largest absolute Gasteiger partial charge is 0.451 e. The van der Waals surface area contributed by atoms with Crippen molar-refractivity contribution in [1.29, 1.82) is 0 Å². The first-order valence-electron chi connectivity index (χ1n) is 26.5. The summed E-state index contributed by atoms with van der Waals surface area (Å²) in [5, 5.41) is 62.7. The normalized spacial score (nSPS) is 22.1. The zero-order chi connectivity index (χ0) is 59.2. The van der Waals surface area contributed by atoms with E-state index in [0.29, 0.717) is 22.0 Å². The number of benzene rings is 3. The highest BCUT2D eigenvalue weighted by Gasteiger charge is 2.37. The maximum Gasteiger partial charge on any atom is 0.335 e. The summed E-state index contributed by atoms with van der Waals surface area (Å²) in [6.07, 6.45) is -3.92. The van der Waals surface area contributed by atoms with Crippen LogP contribution in [0.4, 0.5) is 0 Å². The van der Waals surface area contributed by atoms with Gasteiger partial charge in [-0.2, -0.15) is 0 Å². The quantitative estimate of drug-likeness (QED) is 0.0261. The molecule has 1 saturated heterocycles. The molecule has 81 heavy (non-hydrogen) atoms. The SMILES string of the molecule is C[C@@H](O)C(=O)O[C@H](C)C(=O)NCCCCC1NC(=O)C(Cc2c[nH]c3ccccc23)NC(=O)C(Cc2ccccc2)NC(=O)C(NC(=O)C(N)Cc2ccccc2)CSSCC(C(=O)NC(CO)[C@@H](C)O)NC(=O)C([C@@H](C)O)NC1=O. The van der Waals surface area contributed by atoms with E-state index < -0.39 is 133 Å². The standard InChI is InChI=1S/C55H74N10O14S2/c1-30(67)43(27-66)62-53(76)45-29-81-80-28-44(63-48(71)38(56)23-34-15-7-5-8-16-34)52(75)60-41(24-35-17-9-6-10-18-35)50(73)61-42(25-36-26-58-39-20-12-11-19-37(36)39)51(74)59-40(49(72)65-46(31(2)68)54(77)64-45)21-13-14-22-57-47(70)33(4)79-55(78)32(3)69/h5-12,15-20,26,30-33,38,40-46,58,66-69H,13-14,21-25,27-29,56H2,1-4H3,(H,57,70)(H,59,74)(H,60,75)(H,61,73)(H,62,76)(H,63,71)(H,64,77)(H,65,72)/t30-,31-,32-,33-,38?,40?,41?,42?,43?,44?,45?,46?/m1/s1. The predicted molar refractivity (Wildman–Crippen MR) is 303 cm³/mol. The number of ether oxygens (including phenoxy) is 1. The fraction of sp³-hybridized carbons (Fsp3) is 0.473. The van der Waals surface area contributed by atoms with Gasteiger partial charge in [0.05, 0.1) is 30.9 Å². The van der Waals surface area contributed by atoms with E-state index >= 15 is 0 Å². The van der Waals surface area contributed by atoms with Crippen molar-refractivity contribution in [3.8, 4) is 0 Å². The van der Waals surface area contributed by atoms with Crippen molar-refractivity contribution < 1.29 is 68.3 Å². The molecule has 15 N–H and O–H groups in total. The minimum Gasteiger partial charge on any atom is -0.451 e. The fourth-order valence-electron chi connectivity index (χ4n) is 8.39. The van der Waals surface area contributed by atoms with Gasteiger partial charge in [-0.1, -0.05) is 100 Å². The van der Waals surface area contributed by atoms with Crippen molar-refractivity contribution in [3.63, 3.8) is 0 Å². The van der Waals surface area contributed by atoms with E-state index in [1.54, 1.807) is 79.0 Å². The average molecular weight is 1160 g/mol. The Labute approximate surface area is 476 Å². The number of esters is 1. The molecule has 0 spiro atoms. The highest BCUT2D eigenvalue weighted by molar-refractivity contribution is 8.76. The summed E-state index contributed by atoms with van der Waals surface area (Å²) in [6.45, 7) is 4.34. The van der Waals surface area contributed by atoms with E-state index in [0.717, 1.165) is 27.2 Å². The molecule has 4 aromatic rings. The summed E-state index contributed by atoms with van der Waals surface area (Å²) in [7, 11) is 1.98. The third-order valence-corrected chi connectivity index (χ3v) is 15.5. The van der Waals surface area contributed by atoms with Crippen LogP contribution in [0.3, 0.4) is 0 Å². The van der Waals surface area contributed by atoms with Crippen LogP contribution in [0, 0.1) is 0 Å². The number of amides is 8. The first-order valence-corrected chi connectivity index (χ1v) is 29.0. The molecule has 8 amide bonds. The van der Waals surface area contributed by atoms with Gasteiger partial charge in [-0.05, 0) is 76.1 Å². The van der Waals surface area contributed by atoms with Crippen molar-refractivity contribution in [2.45, 2.75) is 139 Å². The molecule has 12 atom stereocenters. The third-order valence-electron chi connectivity index (χ3n) is 13.1. The monoisotopic (exact) mass is 1160 g/mol. The zero-order valence-electron chi connectivity index (χ0n) is 45.4. The summed E-state index contributed by atoms with van der Waals surface area (Å²) in [5.74, 6) is -8.26. The van der Waals surface area contributed by atoms with Crippen molar-refractivity contribution in [2.75, 3.05) is 24.7 Å². The fourth-order valence-corrected chi connectivity index (χ4v) is 10.7. The summed E-state index contributed by atoms with van der Waals surface area (Å²) >= 11 is 0. The van der Waals surface area contributed by atoms with Gasteiger partial charge in [0, 0.05) is 48.0 Å². The predicted octanol–water partition coefficient (Wildman–Crippen LogP) is -1.34. The van der Waals surface area contributed by atoms with E-state index in [2.05, 4.69) is 47.5 Å². The molecule has 0 bridgehead atoms. The number of para-hydroxylation sites is 1. The number of hydrogen-bond acceptors (Lipinski definition) is 17. The van der Waals surface area contributed by atoms with Gasteiger partial charge in [-0.3, -0.25) is 38.4 Å². The van der Waals surface area contributed by atoms with Gasteiger partial charge in [0.1, 0.15) is 42.4 Å². The van der Waals surface area contributed by atoms with Crippen molar-refractivity contribution in [3.05, 3.63) is 108 Å². The van der Waals surface area contributed by atoms with Crippen LogP contribution >= 0.6 is 21.6 Å². The summed E-state index contributed by atoms with van der Waals surface area (Å²) in [6, 6.07) is 13.6. The van der Waals surface area contributed by atoms with Crippen LogP contribution in [0.25, 0.3) is 10.9 Å². The number of H-pyrrole nitrogens is 1. The van der Waals surface area contributed by atoms with Gasteiger partial charge < -0.3 is 78.4 Å². The second-order valence-corrected chi connectivity index (χ2v) is 22.3. The van der Waals surface area contributed by atoms with Crippen LogP contribution in [0.2, 0.25) is 0 Å². The lowest BCUT2D eigenvalue weighted by molar-refractivity contribution is -0.162. The summed E-state index contributed by atoms with van der Waals surface area (Å²) < 4.78 is 4.96. The maximum absolute atomic E-state index is 14.9. The molecule has 2 heterocycles. The minimum absolute atomic E-state index is 0.00113. The first-order chi connectivity index (χ1) is 38.6. The molecular formula is C55H74N10O14S2. The van der Waals surface area contributed by atoms with Crippen molar-refractivity contribution >= 4 is 85.7 Å². The Morgan fingerprint density at radius 3 is 1.93 bits per heavy atom. The lowest BCUT2D eigenvalue weighted by Gasteiger charge is -2.29. The molecule has 26 heteroatoms. The highest BCUT2D eigenvalue weighted by atomic mass is 33.1. The number of carbonyl (C=O) groups is 9. The number of aromatic amines is 1. The van der Waals surface area contributed by atoms with Gasteiger partial charge in [-0.25, -0.2) is 4.79 Å². The van der Waals surface area contributed by atoms with Gasteiger partial charge in [0.15, 0.2) is 6.10 Å². The number of aliphatic hydroxyl groups is 4. The lowest BCUT2D eigenvalue weighted by atomic mass is 10.0. The van der Waals surface area contributed by atoms with Gasteiger partial charge in [0.25, 0.3) is 5.91 Å². The molecule has 0 saturated carbocycles. The van der Waals surface area contributed by atoms with Crippen molar-refractivity contribution in [2.24, 2.45) is 5.73 Å². The molecule has 5 rings (SSSR count). The van der Waals surface area contributed by atoms with Crippen LogP contribution in [0.1, 0.15) is 63.6 Å². The Hall–Kier alpha value is -7.07. The molecule has 3 aromatic carbocycles. The van der Waals surface area contributed by atoms with Crippen LogP contribution in [0.5, 0.6) is 0 Å². The van der Waals surface area contributed by atoms with Crippen molar-refractivity contribution in [1.82, 2.24) is 47.5 Å². The van der Waals surface area contributed by atoms with Crippen LogP contribution in [-0.2, 0) is 67.2 Å². The molecule has 440 valence electrons. The van der Waals surface area contributed by atoms with Crippen LogP contribution < -0.4 is 48.3 Å². The molecular weight excluding hydrogens is 1090 g/mol. The zero-order valence-corrected chi connectivity index (χ0v) is 47.1. The number of nitrogens with two attached hydrogens (primary N) is 1. The Bertz CT molecular complexity index is 2750. The molecule has 8 unspecified atom stereocenters. The number of unbranched alkanes of at least 4 members (excludes halogenated alkanes) is 1. The Morgan fingerprint density at radius 1 is 0.691 bits per heavy atom. The number of aliphatic hydroxyl groups excluding tert-OH is 4. The summed E-state index contributed by atoms with van der Waals surface area (Å²) in [4.78, 5) is 129. The van der Waals surface area contributed by atoms with Gasteiger partial charge >= 0.3 is 5.97 Å². The molecule has 1 aliphatic rings. The average Bonchev–Trinajstić information content (AvgIpc) is 3.98. The number of hydrogen-bond donors (Lipinski definition) is 14. The van der Waals surface area contributed by atoms with Gasteiger partial charge in [0.2, 0.25) is 41.4 Å². The maximum atomic E-state index is 14.9. The minimum atomic E-state index is -1.77. The van der Waals surface area contributed by atoms with Crippen LogP contribution in [0.15, 0.2) is 91.1 Å². The molecule has 1 aromatic heterocycles. The lowest BCUT2D eigenvalue weighted by Crippen LogP contribution is -2.62. The number of nitrogens with one attached hydrogen (secondary N) is 9. The topological polar surface area (TPSA) is 382 Å². The van der Waals surface area contributed by atoms with Gasteiger partial charge in [-0.15, -0.1) is 0 Å². The van der Waals surface area contributed by atoms with E-state index in [9.17, 15) is 63.6 Å². The molecule has 0 aliphatic carbocycles. The number of aromatic nitrogens is 1. The smallest absolute Gasteiger partial charge is 0.335 e. The summed E-state index contributed by atoms with van der Waals surface area (Å²) in [5.41, 5.74) is 9.05. The highest BCUT2D eigenvalue weighted by Crippen LogP contribution is 2.24. The number of fused-ring (bicyclic) bond motifs is 1. The Kier molecular flexibility index (Phi) is 25.9. The molecule has 24 nitrogen and oxygen atoms in total. The Balaban J connectivity index is 1.55. The second kappa shape index (κ2) is 32.4. The van der Waals surface area contributed by atoms with Crippen LogP contribution in [-0.4, -0.2) is 176 Å². The third kappa shape index (κ3) is 20.5. The van der Waals surface area contributed by atoms with E-state index in [1.807, 2.05) is 12.1 Å². The molecule has 1 aliphatic heterocycles. The first kappa shape index (κ1) is 64.7. The molecule has 0 radical (unpaired) electrons. The van der Waals surface area contributed by atoms with E-state index in [1.165, 1.54) is 27.7 Å². The Morgan fingerprint density at radius 2 is 1.28 bits per heavy atom. The van der Waals surface area contributed by atoms with E-state index in [-0.39, 0.29) is 56.6 Å². The number of carbonyl (C=O) groups excluding carboxylic acids is 9. The molecule has 1 fully saturated rings.